The van der Waals surface area contributed by atoms with Crippen LogP contribution in [0.2, 0.25) is 5.02 Å². The third kappa shape index (κ3) is 5.13. The van der Waals surface area contributed by atoms with E-state index in [1.807, 2.05) is 18.2 Å². The van der Waals surface area contributed by atoms with Crippen molar-refractivity contribution in [3.8, 4) is 0 Å². The largest absolute Gasteiger partial charge is 0.325 e. The van der Waals surface area contributed by atoms with Gasteiger partial charge in [-0.1, -0.05) is 47.6 Å². The fourth-order valence-corrected chi connectivity index (χ4v) is 4.09. The molecule has 0 aliphatic heterocycles. The number of nitrogens with zero attached hydrogens (tertiary/aromatic N) is 2. The van der Waals surface area contributed by atoms with Gasteiger partial charge < -0.3 is 5.32 Å². The van der Waals surface area contributed by atoms with Crippen molar-refractivity contribution in [2.24, 2.45) is 0 Å². The number of anilines is 1. The van der Waals surface area contributed by atoms with Gasteiger partial charge in [0.25, 0.3) is 5.56 Å². The highest BCUT2D eigenvalue weighted by atomic mass is 35.5. The summed E-state index contributed by atoms with van der Waals surface area (Å²) < 4.78 is 14.6. The quantitative estimate of drug-likeness (QED) is 0.331. The average Bonchev–Trinajstić information content (AvgIpc) is 2.76. The van der Waals surface area contributed by atoms with E-state index in [4.69, 9.17) is 11.6 Å². The van der Waals surface area contributed by atoms with Crippen LogP contribution in [0.3, 0.4) is 0 Å². The number of amides is 1. The molecule has 8 heteroatoms. The predicted molar refractivity (Wildman–Crippen MR) is 122 cm³/mol. The summed E-state index contributed by atoms with van der Waals surface area (Å²) in [5.74, 6) is -0.622. The maximum Gasteiger partial charge on any atom is 0.262 e. The topological polar surface area (TPSA) is 64.0 Å². The van der Waals surface area contributed by atoms with Gasteiger partial charge in [-0.05, 0) is 54.1 Å². The number of benzene rings is 3. The van der Waals surface area contributed by atoms with Crippen LogP contribution in [0.15, 0.2) is 82.7 Å². The molecule has 4 rings (SSSR count). The summed E-state index contributed by atoms with van der Waals surface area (Å²) in [6.07, 6.45) is 0. The summed E-state index contributed by atoms with van der Waals surface area (Å²) in [5, 5.41) is 4.22. The molecule has 1 N–H and O–H groups in total. The summed E-state index contributed by atoms with van der Waals surface area (Å²) in [6, 6.07) is 19.9. The van der Waals surface area contributed by atoms with Gasteiger partial charge >= 0.3 is 0 Å². The second kappa shape index (κ2) is 9.32. The number of hydrogen-bond acceptors (Lipinski definition) is 4. The summed E-state index contributed by atoms with van der Waals surface area (Å²) in [7, 11) is 0. The Kier molecular flexibility index (Phi) is 6.34. The van der Waals surface area contributed by atoms with E-state index in [-0.39, 0.29) is 29.6 Å². The van der Waals surface area contributed by atoms with Gasteiger partial charge in [0.2, 0.25) is 5.91 Å². The van der Waals surface area contributed by atoms with E-state index in [1.54, 1.807) is 34.9 Å². The van der Waals surface area contributed by atoms with Crippen LogP contribution in [0.4, 0.5) is 10.1 Å². The van der Waals surface area contributed by atoms with Crippen LogP contribution in [-0.4, -0.2) is 21.2 Å². The van der Waals surface area contributed by atoms with E-state index in [9.17, 15) is 14.0 Å². The molecule has 156 valence electrons. The minimum Gasteiger partial charge on any atom is -0.325 e. The molecule has 0 bridgehead atoms. The van der Waals surface area contributed by atoms with Crippen molar-refractivity contribution in [1.82, 2.24) is 9.55 Å². The lowest BCUT2D eigenvalue weighted by atomic mass is 10.2. The first-order chi connectivity index (χ1) is 15.0. The van der Waals surface area contributed by atoms with Crippen molar-refractivity contribution in [1.29, 1.82) is 0 Å². The van der Waals surface area contributed by atoms with Crippen LogP contribution in [0.25, 0.3) is 10.9 Å². The van der Waals surface area contributed by atoms with E-state index in [1.165, 1.54) is 24.3 Å². The monoisotopic (exact) mass is 453 g/mol. The maximum atomic E-state index is 13.1. The highest BCUT2D eigenvalue weighted by molar-refractivity contribution is 7.99. The average molecular weight is 454 g/mol. The van der Waals surface area contributed by atoms with Gasteiger partial charge in [-0.3, -0.25) is 14.2 Å². The number of carbonyl (C=O) groups is 1. The van der Waals surface area contributed by atoms with Gasteiger partial charge in [0.05, 0.1) is 23.2 Å². The van der Waals surface area contributed by atoms with Gasteiger partial charge in [-0.2, -0.15) is 0 Å². The number of carbonyl (C=O) groups excluding carboxylic acids is 1. The lowest BCUT2D eigenvalue weighted by molar-refractivity contribution is -0.113. The summed E-state index contributed by atoms with van der Waals surface area (Å²) >= 11 is 7.25. The van der Waals surface area contributed by atoms with Crippen LogP contribution >= 0.6 is 23.4 Å². The van der Waals surface area contributed by atoms with Crippen molar-refractivity contribution < 1.29 is 9.18 Å². The summed E-state index contributed by atoms with van der Waals surface area (Å²) in [5.41, 5.74) is 1.72. The zero-order valence-corrected chi connectivity index (χ0v) is 17.8. The Morgan fingerprint density at radius 3 is 2.61 bits per heavy atom. The Balaban J connectivity index is 1.61. The fourth-order valence-electron chi connectivity index (χ4n) is 3.08. The number of hydrogen-bond donors (Lipinski definition) is 1. The minimum absolute atomic E-state index is 0.0394. The second-order valence-electron chi connectivity index (χ2n) is 6.78. The van der Waals surface area contributed by atoms with Gasteiger partial charge in [0, 0.05) is 10.7 Å². The van der Waals surface area contributed by atoms with Gasteiger partial charge in [0.15, 0.2) is 5.16 Å². The summed E-state index contributed by atoms with van der Waals surface area (Å²) in [4.78, 5) is 30.1. The Labute approximate surface area is 186 Å². The van der Waals surface area contributed by atoms with Crippen molar-refractivity contribution in [3.63, 3.8) is 0 Å². The molecule has 0 aliphatic rings. The highest BCUT2D eigenvalue weighted by Gasteiger charge is 2.14. The smallest absolute Gasteiger partial charge is 0.262 e. The SMILES string of the molecule is O=C(CSc1nc2ccccc2c(=O)n1Cc1cccc(Cl)c1)Nc1ccc(F)cc1. The number of fused-ring (bicyclic) bond motifs is 1. The number of halogens is 2. The van der Waals surface area contributed by atoms with Crippen LogP contribution in [-0.2, 0) is 11.3 Å². The summed E-state index contributed by atoms with van der Waals surface area (Å²) in [6.45, 7) is 0.277. The number of thioether (sulfide) groups is 1. The molecule has 5 nitrogen and oxygen atoms in total. The van der Waals surface area contributed by atoms with E-state index >= 15 is 0 Å². The van der Waals surface area contributed by atoms with Crippen LogP contribution in [0.1, 0.15) is 5.56 Å². The highest BCUT2D eigenvalue weighted by Crippen LogP contribution is 2.20. The fraction of sp³-hybridized carbons (Fsp3) is 0.0870. The lowest BCUT2D eigenvalue weighted by Crippen LogP contribution is -2.25. The van der Waals surface area contributed by atoms with E-state index in [0.717, 1.165) is 17.3 Å². The molecule has 0 aliphatic carbocycles. The first-order valence-corrected chi connectivity index (χ1v) is 10.8. The van der Waals surface area contributed by atoms with Crippen molar-refractivity contribution >= 4 is 45.9 Å². The van der Waals surface area contributed by atoms with Crippen molar-refractivity contribution in [2.75, 3.05) is 11.1 Å². The third-order valence-corrected chi connectivity index (χ3v) is 5.73. The molecular formula is C23H17ClFN3O2S. The molecule has 0 spiro atoms. The number of rotatable bonds is 6. The van der Waals surface area contributed by atoms with Crippen molar-refractivity contribution in [2.45, 2.75) is 11.7 Å². The molecule has 31 heavy (non-hydrogen) atoms. The normalized spacial score (nSPS) is 10.9. The van der Waals surface area contributed by atoms with Crippen molar-refractivity contribution in [3.05, 3.63) is 99.6 Å². The molecule has 3 aromatic carbocycles. The Bertz CT molecular complexity index is 1310. The molecular weight excluding hydrogens is 437 g/mol. The molecule has 0 radical (unpaired) electrons. The molecule has 0 fully saturated rings. The molecule has 1 aromatic heterocycles. The molecule has 1 amide bonds. The van der Waals surface area contributed by atoms with Gasteiger partial charge in [-0.25, -0.2) is 9.37 Å². The molecule has 0 atom stereocenters. The van der Waals surface area contributed by atoms with E-state index in [2.05, 4.69) is 10.3 Å². The molecule has 0 saturated carbocycles. The van der Waals surface area contributed by atoms with Gasteiger partial charge in [-0.15, -0.1) is 0 Å². The first-order valence-electron chi connectivity index (χ1n) is 9.42. The molecule has 0 saturated heterocycles. The van der Waals surface area contributed by atoms with Gasteiger partial charge in [0.1, 0.15) is 5.82 Å². The second-order valence-corrected chi connectivity index (χ2v) is 8.16. The maximum absolute atomic E-state index is 13.1. The Morgan fingerprint density at radius 2 is 1.84 bits per heavy atom. The lowest BCUT2D eigenvalue weighted by Gasteiger charge is -2.13. The predicted octanol–water partition coefficient (Wildman–Crippen LogP) is 4.97. The number of para-hydroxylation sites is 1. The van der Waals surface area contributed by atoms with Crippen LogP contribution in [0.5, 0.6) is 0 Å². The molecule has 4 aromatic rings. The standard InChI is InChI=1S/C23H17ClFN3O2S/c24-16-5-3-4-15(12-16)13-28-22(30)19-6-1-2-7-20(19)27-23(28)31-14-21(29)26-18-10-8-17(25)9-11-18/h1-12H,13-14H2,(H,26,29). The Morgan fingerprint density at radius 1 is 1.06 bits per heavy atom. The molecule has 0 unspecified atom stereocenters. The zero-order chi connectivity index (χ0) is 21.8. The van der Waals surface area contributed by atoms with E-state index < -0.39 is 0 Å². The minimum atomic E-state index is -0.377. The third-order valence-electron chi connectivity index (χ3n) is 4.52. The van der Waals surface area contributed by atoms with Crippen LogP contribution < -0.4 is 10.9 Å². The van der Waals surface area contributed by atoms with E-state index in [0.29, 0.717) is 26.8 Å². The molecule has 1 heterocycles. The first kappa shape index (κ1) is 21.1. The number of nitrogens with one attached hydrogen (secondary N) is 1. The van der Waals surface area contributed by atoms with Crippen LogP contribution in [0, 0.1) is 5.82 Å². The zero-order valence-electron chi connectivity index (χ0n) is 16.2. The number of aromatic nitrogens is 2. The Hall–Kier alpha value is -3.16.